The minimum Gasteiger partial charge on any atom is -0.509 e. The molecule has 108 valence electrons. The van der Waals surface area contributed by atoms with Gasteiger partial charge in [0.1, 0.15) is 11.4 Å². The Morgan fingerprint density at radius 2 is 2.00 bits per heavy atom. The lowest BCUT2D eigenvalue weighted by molar-refractivity contribution is 0.0442. The first kappa shape index (κ1) is 16.1. The first-order chi connectivity index (χ1) is 8.53. The summed E-state index contributed by atoms with van der Waals surface area (Å²) in [6, 6.07) is 0. The molecule has 0 saturated heterocycles. The van der Waals surface area contributed by atoms with Crippen molar-refractivity contribution in [2.45, 2.75) is 70.7 Å². The molecule has 1 atom stereocenters. The maximum absolute atomic E-state index is 10.4. The number of allylic oxidation sites excluding steroid dienone is 1. The number of rotatable bonds is 3. The molecule has 19 heavy (non-hydrogen) atoms. The normalized spacial score (nSPS) is 25.2. The number of aliphatic hydroxyl groups is 1. The first-order valence-corrected chi connectivity index (χ1v) is 9.62. The lowest BCUT2D eigenvalue weighted by Crippen LogP contribution is -2.50. The monoisotopic (exact) mass is 283 g/mol. The van der Waals surface area contributed by atoms with Crippen molar-refractivity contribution in [3.63, 3.8) is 0 Å². The molecule has 1 aliphatic rings. The molecule has 0 aromatic carbocycles. The molecule has 6 heteroatoms. The van der Waals surface area contributed by atoms with E-state index in [1.807, 2.05) is 6.92 Å². The van der Waals surface area contributed by atoms with Crippen LogP contribution < -0.4 is 0 Å². The molecule has 0 aromatic rings. The van der Waals surface area contributed by atoms with E-state index in [-0.39, 0.29) is 10.8 Å². The molecule has 0 aliphatic heterocycles. The molecule has 0 saturated carbocycles. The smallest absolute Gasteiger partial charge is 0.193 e. The third kappa shape index (κ3) is 3.32. The van der Waals surface area contributed by atoms with E-state index < -0.39 is 13.9 Å². The molecule has 1 N–H and O–H groups in total. The molecule has 0 aromatic heterocycles. The van der Waals surface area contributed by atoms with Gasteiger partial charge in [-0.2, -0.15) is 0 Å². The van der Waals surface area contributed by atoms with Crippen LogP contribution >= 0.6 is 0 Å². The molecular formula is C13H25N3O2Si. The maximum Gasteiger partial charge on any atom is 0.193 e. The topological polar surface area (TPSA) is 78.2 Å². The SMILES string of the molecule is CC(C)(C)[Si](C)(C)O[C@]1(C)CCCC(N=[N+]=[N-])=C1O. The summed E-state index contributed by atoms with van der Waals surface area (Å²) in [4.78, 5) is 2.78. The van der Waals surface area contributed by atoms with E-state index in [4.69, 9.17) is 9.96 Å². The Morgan fingerprint density at radius 1 is 1.42 bits per heavy atom. The number of hydrogen-bond donors (Lipinski definition) is 1. The molecular weight excluding hydrogens is 258 g/mol. The second-order valence-electron chi connectivity index (χ2n) is 6.93. The first-order valence-electron chi connectivity index (χ1n) is 6.71. The highest BCUT2D eigenvalue weighted by atomic mass is 28.4. The van der Waals surface area contributed by atoms with Crippen LogP contribution in [-0.4, -0.2) is 19.0 Å². The van der Waals surface area contributed by atoms with Crippen molar-refractivity contribution >= 4 is 8.32 Å². The molecule has 0 amide bonds. The van der Waals surface area contributed by atoms with Crippen LogP contribution in [0.25, 0.3) is 10.4 Å². The number of hydrogen-bond acceptors (Lipinski definition) is 3. The molecule has 0 fully saturated rings. The van der Waals surface area contributed by atoms with Gasteiger partial charge in [0.2, 0.25) is 0 Å². The van der Waals surface area contributed by atoms with Crippen LogP contribution in [0.4, 0.5) is 0 Å². The summed E-state index contributed by atoms with van der Waals surface area (Å²) in [5.41, 5.74) is 8.26. The van der Waals surface area contributed by atoms with Crippen LogP contribution in [0, 0.1) is 0 Å². The predicted molar refractivity (Wildman–Crippen MR) is 79.3 cm³/mol. The highest BCUT2D eigenvalue weighted by molar-refractivity contribution is 6.74. The summed E-state index contributed by atoms with van der Waals surface area (Å²) >= 11 is 0. The van der Waals surface area contributed by atoms with Crippen molar-refractivity contribution in [3.05, 3.63) is 21.9 Å². The van der Waals surface area contributed by atoms with E-state index in [1.54, 1.807) is 0 Å². The van der Waals surface area contributed by atoms with Gasteiger partial charge in [0.05, 0.1) is 5.70 Å². The van der Waals surface area contributed by atoms with Gasteiger partial charge in [-0.15, -0.1) is 0 Å². The highest BCUT2D eigenvalue weighted by Gasteiger charge is 2.46. The van der Waals surface area contributed by atoms with Gasteiger partial charge in [0.25, 0.3) is 0 Å². The summed E-state index contributed by atoms with van der Waals surface area (Å²) in [6.07, 6.45) is 2.24. The Morgan fingerprint density at radius 3 is 2.47 bits per heavy atom. The predicted octanol–water partition coefficient (Wildman–Crippen LogP) is 5.03. The fourth-order valence-corrected chi connectivity index (χ4v) is 3.73. The van der Waals surface area contributed by atoms with Crippen molar-refractivity contribution in [1.82, 2.24) is 0 Å². The van der Waals surface area contributed by atoms with Gasteiger partial charge in [-0.25, -0.2) is 0 Å². The fraction of sp³-hybridized carbons (Fsp3) is 0.846. The summed E-state index contributed by atoms with van der Waals surface area (Å²) in [6.45, 7) is 12.7. The zero-order valence-corrected chi connectivity index (χ0v) is 13.8. The summed E-state index contributed by atoms with van der Waals surface area (Å²) in [5.74, 6) is 0.112. The van der Waals surface area contributed by atoms with E-state index in [2.05, 4.69) is 43.9 Å². The summed E-state index contributed by atoms with van der Waals surface area (Å²) < 4.78 is 6.37. The van der Waals surface area contributed by atoms with E-state index in [0.717, 1.165) is 12.8 Å². The van der Waals surface area contributed by atoms with Crippen LogP contribution in [0.5, 0.6) is 0 Å². The van der Waals surface area contributed by atoms with Crippen LogP contribution in [-0.2, 0) is 4.43 Å². The van der Waals surface area contributed by atoms with Crippen LogP contribution in [0.15, 0.2) is 16.6 Å². The molecule has 0 heterocycles. The molecule has 1 aliphatic carbocycles. The zero-order valence-electron chi connectivity index (χ0n) is 12.8. The minimum atomic E-state index is -1.99. The molecule has 1 rings (SSSR count). The lowest BCUT2D eigenvalue weighted by Gasteiger charge is -2.45. The third-order valence-electron chi connectivity index (χ3n) is 4.29. The Balaban J connectivity index is 3.11. The van der Waals surface area contributed by atoms with Crippen molar-refractivity contribution < 1.29 is 9.53 Å². The van der Waals surface area contributed by atoms with Gasteiger partial charge in [0, 0.05) is 4.91 Å². The summed E-state index contributed by atoms with van der Waals surface area (Å²) in [7, 11) is -1.99. The number of aliphatic hydroxyl groups excluding tert-OH is 1. The number of azide groups is 1. The third-order valence-corrected chi connectivity index (χ3v) is 8.87. The van der Waals surface area contributed by atoms with E-state index in [0.29, 0.717) is 12.1 Å². The van der Waals surface area contributed by atoms with Gasteiger partial charge in [-0.1, -0.05) is 25.9 Å². The number of nitrogens with zero attached hydrogens (tertiary/aromatic N) is 3. The Kier molecular flexibility index (Phi) is 4.39. The van der Waals surface area contributed by atoms with Gasteiger partial charge in [-0.3, -0.25) is 0 Å². The Bertz CT molecular complexity index is 434. The highest BCUT2D eigenvalue weighted by Crippen LogP contribution is 2.44. The van der Waals surface area contributed by atoms with Crippen LogP contribution in [0.1, 0.15) is 47.0 Å². The second kappa shape index (κ2) is 5.19. The molecule has 5 nitrogen and oxygen atoms in total. The van der Waals surface area contributed by atoms with Crippen LogP contribution in [0.2, 0.25) is 18.1 Å². The molecule has 0 unspecified atom stereocenters. The lowest BCUT2D eigenvalue weighted by atomic mass is 9.89. The van der Waals surface area contributed by atoms with Gasteiger partial charge in [-0.05, 0) is 49.8 Å². The fourth-order valence-electron chi connectivity index (χ4n) is 2.10. The van der Waals surface area contributed by atoms with Crippen molar-refractivity contribution in [2.75, 3.05) is 0 Å². The largest absolute Gasteiger partial charge is 0.509 e. The zero-order chi connectivity index (χ0) is 14.9. The van der Waals surface area contributed by atoms with E-state index in [9.17, 15) is 5.11 Å². The van der Waals surface area contributed by atoms with Crippen molar-refractivity contribution in [1.29, 1.82) is 0 Å². The van der Waals surface area contributed by atoms with Crippen molar-refractivity contribution in [2.24, 2.45) is 5.11 Å². The Hall–Kier alpha value is -0.973. The average molecular weight is 283 g/mol. The average Bonchev–Trinajstić information content (AvgIpc) is 2.23. The van der Waals surface area contributed by atoms with Gasteiger partial charge < -0.3 is 9.53 Å². The van der Waals surface area contributed by atoms with E-state index >= 15 is 0 Å². The van der Waals surface area contributed by atoms with Crippen molar-refractivity contribution in [3.8, 4) is 0 Å². The second-order valence-corrected chi connectivity index (χ2v) is 11.7. The van der Waals surface area contributed by atoms with E-state index in [1.165, 1.54) is 0 Å². The summed E-state index contributed by atoms with van der Waals surface area (Å²) in [5, 5.41) is 14.0. The quantitative estimate of drug-likeness (QED) is 0.341. The molecule has 0 spiro atoms. The molecule has 0 bridgehead atoms. The van der Waals surface area contributed by atoms with Gasteiger partial charge >= 0.3 is 0 Å². The maximum atomic E-state index is 10.4. The van der Waals surface area contributed by atoms with Gasteiger partial charge in [0.15, 0.2) is 8.32 Å². The molecule has 0 radical (unpaired) electrons. The van der Waals surface area contributed by atoms with Crippen LogP contribution in [0.3, 0.4) is 0 Å². The minimum absolute atomic E-state index is 0.0758. The Labute approximate surface area is 116 Å². The standard InChI is InChI=1S/C13H25N3O2Si/c1-12(2,3)19(5,6)18-13(4)9-7-8-10(11(13)17)15-16-14/h17H,7-9H2,1-6H3/t13-/m1/s1.